The molecule has 0 aliphatic rings. The standard InChI is InChI=1S/C16H20N4O/c1-4-20(14-7-5-6-11(2)8-14)16(21)13-9-12(3)18-15(10-13)19-17/h5-10H,4,17H2,1-3H3,(H,18,19). The molecule has 1 heterocycles. The predicted octanol–water partition coefficient (Wildman–Crippen LogP) is 2.65. The number of pyridine rings is 1. The molecule has 5 nitrogen and oxygen atoms in total. The summed E-state index contributed by atoms with van der Waals surface area (Å²) in [6.07, 6.45) is 0. The number of aryl methyl sites for hydroxylation is 2. The summed E-state index contributed by atoms with van der Waals surface area (Å²) in [4.78, 5) is 18.7. The molecule has 0 aliphatic carbocycles. The molecule has 2 aromatic rings. The predicted molar refractivity (Wildman–Crippen MR) is 85.3 cm³/mol. The number of nitrogen functional groups attached to an aromatic ring is 1. The Bertz CT molecular complexity index is 654. The third kappa shape index (κ3) is 3.38. The normalized spacial score (nSPS) is 10.3. The molecule has 2 rings (SSSR count). The van der Waals surface area contributed by atoms with Gasteiger partial charge >= 0.3 is 0 Å². The van der Waals surface area contributed by atoms with Crippen molar-refractivity contribution in [1.29, 1.82) is 0 Å². The van der Waals surface area contributed by atoms with Gasteiger partial charge in [0.25, 0.3) is 5.91 Å². The molecule has 1 aromatic carbocycles. The average molecular weight is 284 g/mol. The van der Waals surface area contributed by atoms with Crippen LogP contribution in [0.15, 0.2) is 36.4 Å². The van der Waals surface area contributed by atoms with Crippen LogP contribution in [0.1, 0.15) is 28.5 Å². The molecule has 0 bridgehead atoms. The first kappa shape index (κ1) is 15.0. The fourth-order valence-corrected chi connectivity index (χ4v) is 2.26. The lowest BCUT2D eigenvalue weighted by Gasteiger charge is -2.22. The van der Waals surface area contributed by atoms with Crippen molar-refractivity contribution in [2.45, 2.75) is 20.8 Å². The lowest BCUT2D eigenvalue weighted by Crippen LogP contribution is -2.31. The Kier molecular flexibility index (Phi) is 4.55. The van der Waals surface area contributed by atoms with E-state index in [1.54, 1.807) is 17.0 Å². The molecule has 0 radical (unpaired) electrons. The van der Waals surface area contributed by atoms with Crippen molar-refractivity contribution in [3.63, 3.8) is 0 Å². The first-order valence-electron chi connectivity index (χ1n) is 6.89. The van der Waals surface area contributed by atoms with Crippen LogP contribution in [0.25, 0.3) is 0 Å². The van der Waals surface area contributed by atoms with E-state index in [1.165, 1.54) is 0 Å². The summed E-state index contributed by atoms with van der Waals surface area (Å²) in [5, 5.41) is 0. The molecule has 21 heavy (non-hydrogen) atoms. The van der Waals surface area contributed by atoms with Crippen molar-refractivity contribution >= 4 is 17.4 Å². The number of aromatic nitrogens is 1. The Morgan fingerprint density at radius 3 is 2.67 bits per heavy atom. The highest BCUT2D eigenvalue weighted by atomic mass is 16.2. The number of nitrogens with two attached hydrogens (primary N) is 1. The zero-order chi connectivity index (χ0) is 15.4. The second-order valence-electron chi connectivity index (χ2n) is 4.92. The van der Waals surface area contributed by atoms with Gasteiger partial charge in [0.2, 0.25) is 0 Å². The second-order valence-corrected chi connectivity index (χ2v) is 4.92. The number of hydrogen-bond acceptors (Lipinski definition) is 4. The van der Waals surface area contributed by atoms with E-state index in [1.807, 2.05) is 45.0 Å². The Morgan fingerprint density at radius 2 is 2.05 bits per heavy atom. The number of carbonyl (C=O) groups is 1. The molecular weight excluding hydrogens is 264 g/mol. The lowest BCUT2D eigenvalue weighted by molar-refractivity contribution is 0.0988. The third-order valence-electron chi connectivity index (χ3n) is 3.22. The van der Waals surface area contributed by atoms with Crippen molar-refractivity contribution in [3.8, 4) is 0 Å². The molecule has 0 fully saturated rings. The van der Waals surface area contributed by atoms with Gasteiger partial charge in [0.1, 0.15) is 5.82 Å². The molecule has 0 aliphatic heterocycles. The Labute approximate surface area is 124 Å². The van der Waals surface area contributed by atoms with Crippen molar-refractivity contribution in [1.82, 2.24) is 4.98 Å². The van der Waals surface area contributed by atoms with Gasteiger partial charge in [-0.2, -0.15) is 0 Å². The van der Waals surface area contributed by atoms with Crippen molar-refractivity contribution < 1.29 is 4.79 Å². The summed E-state index contributed by atoms with van der Waals surface area (Å²) in [6, 6.07) is 11.3. The van der Waals surface area contributed by atoms with Gasteiger partial charge in [-0.3, -0.25) is 4.79 Å². The SMILES string of the molecule is CCN(C(=O)c1cc(C)nc(NN)c1)c1cccc(C)c1. The van der Waals surface area contributed by atoms with Gasteiger partial charge in [-0.1, -0.05) is 12.1 Å². The Balaban J connectivity index is 2.39. The minimum Gasteiger partial charge on any atom is -0.309 e. The van der Waals surface area contributed by atoms with Crippen LogP contribution in [0.5, 0.6) is 0 Å². The van der Waals surface area contributed by atoms with Gasteiger partial charge in [-0.25, -0.2) is 10.8 Å². The van der Waals surface area contributed by atoms with Crippen LogP contribution in [-0.4, -0.2) is 17.4 Å². The average Bonchev–Trinajstić information content (AvgIpc) is 2.47. The number of amides is 1. The van der Waals surface area contributed by atoms with Crippen molar-refractivity contribution in [2.75, 3.05) is 16.9 Å². The molecule has 0 spiro atoms. The quantitative estimate of drug-likeness (QED) is 0.669. The second kappa shape index (κ2) is 6.37. The number of benzene rings is 1. The summed E-state index contributed by atoms with van der Waals surface area (Å²) in [7, 11) is 0. The van der Waals surface area contributed by atoms with E-state index in [9.17, 15) is 4.79 Å². The van der Waals surface area contributed by atoms with Crippen LogP contribution in [0.2, 0.25) is 0 Å². The van der Waals surface area contributed by atoms with E-state index in [2.05, 4.69) is 10.4 Å². The number of nitrogens with one attached hydrogen (secondary N) is 1. The number of rotatable bonds is 4. The minimum atomic E-state index is -0.0647. The summed E-state index contributed by atoms with van der Waals surface area (Å²) in [5.74, 6) is 5.81. The van der Waals surface area contributed by atoms with Gasteiger partial charge in [0.15, 0.2) is 0 Å². The first-order chi connectivity index (χ1) is 10.0. The number of nitrogens with zero attached hydrogens (tertiary/aromatic N) is 2. The van der Waals surface area contributed by atoms with Gasteiger partial charge in [-0.15, -0.1) is 0 Å². The molecule has 5 heteroatoms. The zero-order valence-electron chi connectivity index (χ0n) is 12.6. The number of hydrazine groups is 1. The zero-order valence-corrected chi connectivity index (χ0v) is 12.6. The fraction of sp³-hybridized carbons (Fsp3) is 0.250. The van der Waals surface area contributed by atoms with Crippen molar-refractivity contribution in [3.05, 3.63) is 53.2 Å². The third-order valence-corrected chi connectivity index (χ3v) is 3.22. The smallest absolute Gasteiger partial charge is 0.258 e. The number of hydrogen-bond donors (Lipinski definition) is 2. The molecule has 1 amide bonds. The summed E-state index contributed by atoms with van der Waals surface area (Å²) in [6.45, 7) is 6.39. The summed E-state index contributed by atoms with van der Waals surface area (Å²) in [5.41, 5.74) is 5.81. The Hall–Kier alpha value is -2.40. The van der Waals surface area contributed by atoms with Gasteiger partial charge in [0, 0.05) is 23.5 Å². The highest BCUT2D eigenvalue weighted by Gasteiger charge is 2.17. The maximum absolute atomic E-state index is 12.7. The van der Waals surface area contributed by atoms with Crippen LogP contribution < -0.4 is 16.2 Å². The van der Waals surface area contributed by atoms with Gasteiger partial charge < -0.3 is 10.3 Å². The monoisotopic (exact) mass is 284 g/mol. The van der Waals surface area contributed by atoms with Crippen LogP contribution in [0, 0.1) is 13.8 Å². The van der Waals surface area contributed by atoms with Crippen molar-refractivity contribution in [2.24, 2.45) is 5.84 Å². The van der Waals surface area contributed by atoms with E-state index in [4.69, 9.17) is 5.84 Å². The molecule has 0 unspecified atom stereocenters. The van der Waals surface area contributed by atoms with Crippen LogP contribution in [0.4, 0.5) is 11.5 Å². The molecule has 110 valence electrons. The largest absolute Gasteiger partial charge is 0.309 e. The van der Waals surface area contributed by atoms with Crippen LogP contribution >= 0.6 is 0 Å². The molecule has 0 saturated heterocycles. The van der Waals surface area contributed by atoms with E-state index in [0.717, 1.165) is 16.9 Å². The van der Waals surface area contributed by atoms with Crippen LogP contribution in [-0.2, 0) is 0 Å². The molecule has 0 saturated carbocycles. The first-order valence-corrected chi connectivity index (χ1v) is 6.89. The van der Waals surface area contributed by atoms with E-state index in [0.29, 0.717) is 17.9 Å². The van der Waals surface area contributed by atoms with E-state index < -0.39 is 0 Å². The van der Waals surface area contributed by atoms with Gasteiger partial charge in [0.05, 0.1) is 0 Å². The molecule has 0 atom stereocenters. The highest BCUT2D eigenvalue weighted by molar-refractivity contribution is 6.06. The summed E-state index contributed by atoms with van der Waals surface area (Å²) < 4.78 is 0. The molecule has 1 aromatic heterocycles. The molecular formula is C16H20N4O. The maximum atomic E-state index is 12.7. The number of carbonyl (C=O) groups excluding carboxylic acids is 1. The maximum Gasteiger partial charge on any atom is 0.258 e. The lowest BCUT2D eigenvalue weighted by atomic mass is 10.1. The van der Waals surface area contributed by atoms with Crippen LogP contribution in [0.3, 0.4) is 0 Å². The number of anilines is 2. The topological polar surface area (TPSA) is 71.2 Å². The minimum absolute atomic E-state index is 0.0647. The molecule has 3 N–H and O–H groups in total. The van der Waals surface area contributed by atoms with E-state index in [-0.39, 0.29) is 5.91 Å². The Morgan fingerprint density at radius 1 is 1.29 bits per heavy atom. The fourth-order valence-electron chi connectivity index (χ4n) is 2.26. The van der Waals surface area contributed by atoms with E-state index >= 15 is 0 Å². The highest BCUT2D eigenvalue weighted by Crippen LogP contribution is 2.20. The van der Waals surface area contributed by atoms with Gasteiger partial charge in [-0.05, 0) is 50.6 Å². The summed E-state index contributed by atoms with van der Waals surface area (Å²) >= 11 is 0.